The van der Waals surface area contributed by atoms with E-state index in [1.165, 1.54) is 59.2 Å². The lowest BCUT2D eigenvalue weighted by atomic mass is 9.86. The average Bonchev–Trinajstić information content (AvgIpc) is 3.00. The van der Waals surface area contributed by atoms with Crippen LogP contribution in [0.4, 0.5) is 0 Å². The van der Waals surface area contributed by atoms with Crippen LogP contribution in [0, 0.1) is 13.8 Å². The molecule has 0 atom stereocenters. The van der Waals surface area contributed by atoms with Gasteiger partial charge in [-0.3, -0.25) is 0 Å². The lowest BCUT2D eigenvalue weighted by molar-refractivity contribution is 1.30. The molecule has 188 valence electrons. The van der Waals surface area contributed by atoms with Gasteiger partial charge in [0.05, 0.1) is 10.9 Å². The topological polar surface area (TPSA) is 0 Å². The van der Waals surface area contributed by atoms with Crippen LogP contribution < -0.4 is 0 Å². The van der Waals surface area contributed by atoms with Gasteiger partial charge in [-0.2, -0.15) is 0 Å². The van der Waals surface area contributed by atoms with E-state index in [1.54, 1.807) is 0 Å². The van der Waals surface area contributed by atoms with Gasteiger partial charge in [0.2, 0.25) is 0 Å². The highest BCUT2D eigenvalue weighted by atomic mass is 32.2. The van der Waals surface area contributed by atoms with Gasteiger partial charge in [0.15, 0.2) is 14.7 Å². The van der Waals surface area contributed by atoms with Crippen molar-refractivity contribution < 1.29 is 0 Å². The van der Waals surface area contributed by atoms with E-state index >= 15 is 0 Å². The summed E-state index contributed by atoms with van der Waals surface area (Å²) in [7, 11) is -0.308. The molecule has 0 heterocycles. The smallest absolute Gasteiger partial charge is 0.0622 e. The van der Waals surface area contributed by atoms with E-state index in [2.05, 4.69) is 166 Å². The predicted octanol–water partition coefficient (Wildman–Crippen LogP) is 10.4. The molecule has 0 unspecified atom stereocenters. The summed E-state index contributed by atoms with van der Waals surface area (Å²) in [5, 5.41) is 0. The SMILES string of the molecule is Cc1ccc(-c2c([S+](c3ccccc3)c3ccccc3)cc(-c3ccccc3)c(C)c2-c2ccccc2)cc1. The van der Waals surface area contributed by atoms with Crippen molar-refractivity contribution in [1.82, 2.24) is 0 Å². The molecule has 0 saturated carbocycles. The molecule has 0 fully saturated rings. The maximum atomic E-state index is 2.47. The van der Waals surface area contributed by atoms with Crippen molar-refractivity contribution in [3.8, 4) is 33.4 Å². The summed E-state index contributed by atoms with van der Waals surface area (Å²) >= 11 is 0. The predicted molar refractivity (Wildman–Crippen MR) is 167 cm³/mol. The Morgan fingerprint density at radius 2 is 0.846 bits per heavy atom. The minimum absolute atomic E-state index is 0.308. The first-order chi connectivity index (χ1) is 19.2. The highest BCUT2D eigenvalue weighted by Crippen LogP contribution is 2.47. The molecular formula is C38H31S+. The molecule has 6 aromatic carbocycles. The Balaban J connectivity index is 1.77. The summed E-state index contributed by atoms with van der Waals surface area (Å²) in [6.45, 7) is 4.44. The van der Waals surface area contributed by atoms with Crippen molar-refractivity contribution >= 4 is 10.9 Å². The van der Waals surface area contributed by atoms with Crippen molar-refractivity contribution in [1.29, 1.82) is 0 Å². The molecule has 6 rings (SSSR count). The van der Waals surface area contributed by atoms with Crippen molar-refractivity contribution in [2.75, 3.05) is 0 Å². The first-order valence-electron chi connectivity index (χ1n) is 13.4. The summed E-state index contributed by atoms with van der Waals surface area (Å²) in [6, 6.07) is 55.2. The minimum Gasteiger partial charge on any atom is -0.0622 e. The van der Waals surface area contributed by atoms with Crippen LogP contribution >= 0.6 is 0 Å². The Morgan fingerprint density at radius 1 is 0.410 bits per heavy atom. The zero-order valence-corrected chi connectivity index (χ0v) is 23.2. The van der Waals surface area contributed by atoms with E-state index in [1.807, 2.05) is 0 Å². The molecule has 0 aromatic heterocycles. The standard InChI is InChI=1S/C38H31S/c1-28-23-25-32(26-24-28)38-36(39(33-19-11-5-12-20-33)34-21-13-6-14-22-34)27-35(30-15-7-3-8-16-30)29(2)37(38)31-17-9-4-10-18-31/h3-27H,1-2H3/q+1. The molecule has 0 bridgehead atoms. The molecule has 0 spiro atoms. The van der Waals surface area contributed by atoms with Crippen LogP contribution in [0.1, 0.15) is 11.1 Å². The molecule has 1 heteroatoms. The number of hydrogen-bond donors (Lipinski definition) is 0. The average molecular weight is 520 g/mol. The summed E-state index contributed by atoms with van der Waals surface area (Å²) in [5.41, 5.74) is 10.2. The quantitative estimate of drug-likeness (QED) is 0.192. The van der Waals surface area contributed by atoms with Gasteiger partial charge in [-0.05, 0) is 71.5 Å². The number of benzene rings is 6. The van der Waals surface area contributed by atoms with E-state index in [-0.39, 0.29) is 10.9 Å². The Hall–Kier alpha value is -4.33. The van der Waals surface area contributed by atoms with Crippen molar-refractivity contribution in [3.63, 3.8) is 0 Å². The number of rotatable bonds is 6. The summed E-state index contributed by atoms with van der Waals surface area (Å²) < 4.78 is 0. The van der Waals surface area contributed by atoms with Gasteiger partial charge in [0.25, 0.3) is 0 Å². The molecule has 0 amide bonds. The second-order valence-electron chi connectivity index (χ2n) is 9.83. The minimum atomic E-state index is -0.308. The molecule has 0 aliphatic heterocycles. The van der Waals surface area contributed by atoms with Gasteiger partial charge in [-0.1, -0.05) is 127 Å². The van der Waals surface area contributed by atoms with E-state index in [0.29, 0.717) is 0 Å². The maximum absolute atomic E-state index is 2.47. The Morgan fingerprint density at radius 3 is 1.36 bits per heavy atom. The van der Waals surface area contributed by atoms with Crippen LogP contribution in [0.3, 0.4) is 0 Å². The van der Waals surface area contributed by atoms with Crippen molar-refractivity contribution in [2.24, 2.45) is 0 Å². The van der Waals surface area contributed by atoms with Crippen LogP contribution in [0.5, 0.6) is 0 Å². The maximum Gasteiger partial charge on any atom is 0.175 e. The molecule has 0 aliphatic carbocycles. The molecular weight excluding hydrogens is 488 g/mol. The molecule has 0 saturated heterocycles. The third-order valence-electron chi connectivity index (χ3n) is 7.22. The summed E-state index contributed by atoms with van der Waals surface area (Å²) in [4.78, 5) is 3.98. The van der Waals surface area contributed by atoms with Crippen molar-refractivity contribution in [3.05, 3.63) is 163 Å². The molecule has 39 heavy (non-hydrogen) atoms. The Bertz CT molecular complexity index is 1630. The van der Waals surface area contributed by atoms with Crippen LogP contribution in [0.2, 0.25) is 0 Å². The second-order valence-corrected chi connectivity index (χ2v) is 11.8. The van der Waals surface area contributed by atoms with Crippen LogP contribution in [-0.2, 0) is 10.9 Å². The summed E-state index contributed by atoms with van der Waals surface area (Å²) in [6.07, 6.45) is 0. The first kappa shape index (κ1) is 25.0. The highest BCUT2D eigenvalue weighted by molar-refractivity contribution is 7.97. The first-order valence-corrected chi connectivity index (χ1v) is 14.6. The lowest BCUT2D eigenvalue weighted by Crippen LogP contribution is -2.09. The van der Waals surface area contributed by atoms with Gasteiger partial charge in [-0.25, -0.2) is 0 Å². The normalized spacial score (nSPS) is 11.1. The fourth-order valence-corrected chi connectivity index (χ4v) is 7.61. The summed E-state index contributed by atoms with van der Waals surface area (Å²) in [5.74, 6) is 0. The largest absolute Gasteiger partial charge is 0.175 e. The number of aryl methyl sites for hydroxylation is 1. The Kier molecular flexibility index (Phi) is 7.17. The van der Waals surface area contributed by atoms with Crippen LogP contribution in [0.15, 0.2) is 166 Å². The van der Waals surface area contributed by atoms with Crippen LogP contribution in [-0.4, -0.2) is 0 Å². The second kappa shape index (κ2) is 11.2. The third-order valence-corrected chi connectivity index (χ3v) is 9.47. The lowest BCUT2D eigenvalue weighted by Gasteiger charge is -2.21. The molecule has 0 aliphatic rings. The van der Waals surface area contributed by atoms with E-state index < -0.39 is 0 Å². The monoisotopic (exact) mass is 519 g/mol. The fourth-order valence-electron chi connectivity index (χ4n) is 5.31. The van der Waals surface area contributed by atoms with Crippen LogP contribution in [0.25, 0.3) is 33.4 Å². The Labute approximate surface area is 235 Å². The molecule has 0 nitrogen and oxygen atoms in total. The number of hydrogen-bond acceptors (Lipinski definition) is 0. The van der Waals surface area contributed by atoms with E-state index in [4.69, 9.17) is 0 Å². The van der Waals surface area contributed by atoms with Crippen molar-refractivity contribution in [2.45, 2.75) is 28.5 Å². The van der Waals surface area contributed by atoms with Gasteiger partial charge in [0.1, 0.15) is 0 Å². The van der Waals surface area contributed by atoms with Gasteiger partial charge < -0.3 is 0 Å². The fraction of sp³-hybridized carbons (Fsp3) is 0.0526. The molecule has 0 radical (unpaired) electrons. The molecule has 0 N–H and O–H groups in total. The zero-order valence-electron chi connectivity index (χ0n) is 22.3. The highest BCUT2D eigenvalue weighted by Gasteiger charge is 2.35. The van der Waals surface area contributed by atoms with Gasteiger partial charge in [-0.15, -0.1) is 0 Å². The molecule has 6 aromatic rings. The van der Waals surface area contributed by atoms with Gasteiger partial charge >= 0.3 is 0 Å². The van der Waals surface area contributed by atoms with E-state index in [9.17, 15) is 0 Å². The third kappa shape index (κ3) is 5.06. The van der Waals surface area contributed by atoms with Gasteiger partial charge in [0, 0.05) is 11.6 Å². The van der Waals surface area contributed by atoms with E-state index in [0.717, 1.165) is 0 Å². The zero-order chi connectivity index (χ0) is 26.6.